The average molecular weight is 520 g/mol. The van der Waals surface area contributed by atoms with Crippen LogP contribution in [0.5, 0.6) is 0 Å². The molecule has 1 aliphatic carbocycles. The van der Waals surface area contributed by atoms with Crippen molar-refractivity contribution in [3.8, 4) is 11.4 Å². The van der Waals surface area contributed by atoms with Crippen LogP contribution in [0.25, 0.3) is 11.4 Å². The molecule has 2 fully saturated rings. The van der Waals surface area contributed by atoms with E-state index in [0.29, 0.717) is 11.5 Å². The first-order chi connectivity index (χ1) is 17.3. The number of halogens is 4. The zero-order valence-corrected chi connectivity index (χ0v) is 20.2. The molecule has 1 saturated carbocycles. The molecule has 1 unspecified atom stereocenters. The van der Waals surface area contributed by atoms with Crippen LogP contribution >= 0.6 is 11.3 Å². The number of carbonyl (C=O) groups is 1. The first-order valence-electron chi connectivity index (χ1n) is 11.9. The van der Waals surface area contributed by atoms with Gasteiger partial charge >= 0.3 is 0 Å². The first-order valence-corrected chi connectivity index (χ1v) is 12.7. The van der Waals surface area contributed by atoms with Crippen molar-refractivity contribution >= 4 is 17.2 Å². The summed E-state index contributed by atoms with van der Waals surface area (Å²) in [6, 6.07) is 3.52. The molecule has 1 aliphatic heterocycles. The summed E-state index contributed by atoms with van der Waals surface area (Å²) in [6.07, 6.45) is 6.62. The lowest BCUT2D eigenvalue weighted by molar-refractivity contribution is -0.0629. The number of carbonyl (C=O) groups excluding carboxylic acids is 1. The lowest BCUT2D eigenvalue weighted by atomic mass is 9.86. The van der Waals surface area contributed by atoms with Crippen molar-refractivity contribution in [2.45, 2.75) is 50.0 Å². The van der Waals surface area contributed by atoms with Crippen LogP contribution < -0.4 is 5.32 Å². The summed E-state index contributed by atoms with van der Waals surface area (Å²) < 4.78 is 55.3. The molecular weight excluding hydrogens is 494 g/mol. The van der Waals surface area contributed by atoms with E-state index in [0.717, 1.165) is 41.2 Å². The summed E-state index contributed by atoms with van der Waals surface area (Å²) in [7, 11) is 0. The van der Waals surface area contributed by atoms with Gasteiger partial charge in [0, 0.05) is 55.0 Å². The molecule has 1 aromatic carbocycles. The van der Waals surface area contributed by atoms with Crippen LogP contribution in [0.1, 0.15) is 64.3 Å². The van der Waals surface area contributed by atoms with Crippen LogP contribution in [-0.4, -0.2) is 51.3 Å². The van der Waals surface area contributed by atoms with E-state index in [4.69, 9.17) is 0 Å². The Labute approximate surface area is 209 Å². The van der Waals surface area contributed by atoms with E-state index in [1.165, 1.54) is 18.6 Å². The fourth-order valence-corrected chi connectivity index (χ4v) is 5.68. The molecule has 11 heteroatoms. The van der Waals surface area contributed by atoms with Crippen LogP contribution in [-0.2, 0) is 0 Å². The minimum atomic E-state index is -2.69. The Morgan fingerprint density at radius 1 is 1.11 bits per heavy atom. The summed E-state index contributed by atoms with van der Waals surface area (Å²) in [4.78, 5) is 28.2. The number of benzene rings is 1. The second-order valence-electron chi connectivity index (χ2n) is 9.27. The Balaban J connectivity index is 1.34. The molecule has 0 bridgehead atoms. The topological polar surface area (TPSA) is 71.0 Å². The third kappa shape index (κ3) is 5.41. The monoisotopic (exact) mass is 519 g/mol. The van der Waals surface area contributed by atoms with Gasteiger partial charge in [0.15, 0.2) is 11.6 Å². The summed E-state index contributed by atoms with van der Waals surface area (Å²) in [5.74, 6) is -4.07. The fraction of sp³-hybridized carbons (Fsp3) is 0.440. The molecule has 5 rings (SSSR count). The van der Waals surface area contributed by atoms with Gasteiger partial charge in [-0.2, -0.15) is 0 Å². The molecule has 1 N–H and O–H groups in total. The van der Waals surface area contributed by atoms with Crippen molar-refractivity contribution < 1.29 is 22.4 Å². The molecule has 1 amide bonds. The molecule has 36 heavy (non-hydrogen) atoms. The third-order valence-electron chi connectivity index (χ3n) is 6.84. The molecule has 190 valence electrons. The molecule has 3 aromatic rings. The fourth-order valence-electron chi connectivity index (χ4n) is 4.46. The number of rotatable bonds is 7. The number of nitrogens with zero attached hydrogens (tertiary/aromatic N) is 4. The van der Waals surface area contributed by atoms with Crippen LogP contribution in [0, 0.1) is 11.6 Å². The summed E-state index contributed by atoms with van der Waals surface area (Å²) in [6.45, 7) is 0.499. The minimum Gasteiger partial charge on any atom is -0.350 e. The van der Waals surface area contributed by atoms with E-state index in [1.807, 2.05) is 4.90 Å². The molecule has 0 spiro atoms. The van der Waals surface area contributed by atoms with Crippen molar-refractivity contribution in [1.82, 2.24) is 25.2 Å². The van der Waals surface area contributed by atoms with E-state index in [9.17, 15) is 22.4 Å². The van der Waals surface area contributed by atoms with Crippen LogP contribution in [0.15, 0.2) is 36.8 Å². The van der Waals surface area contributed by atoms with Gasteiger partial charge in [0.1, 0.15) is 5.82 Å². The smallest absolute Gasteiger partial charge is 0.254 e. The predicted molar refractivity (Wildman–Crippen MR) is 127 cm³/mol. The maximum Gasteiger partial charge on any atom is 0.254 e. The van der Waals surface area contributed by atoms with E-state index >= 15 is 0 Å². The third-order valence-corrected chi connectivity index (χ3v) is 8.10. The van der Waals surface area contributed by atoms with Gasteiger partial charge in [-0.1, -0.05) is 6.42 Å². The number of alkyl halides is 2. The zero-order chi connectivity index (χ0) is 25.3. The quantitative estimate of drug-likeness (QED) is 0.427. The maximum absolute atomic E-state index is 14.6. The number of nitrogens with one attached hydrogen (secondary N) is 1. The van der Waals surface area contributed by atoms with E-state index in [1.54, 1.807) is 17.5 Å². The molecule has 2 aliphatic rings. The molecule has 1 saturated heterocycles. The van der Waals surface area contributed by atoms with E-state index in [-0.39, 0.29) is 49.9 Å². The lowest BCUT2D eigenvalue weighted by Crippen LogP contribution is -2.44. The number of likely N-dealkylation sites (tertiary alicyclic amines) is 1. The molecule has 3 heterocycles. The van der Waals surface area contributed by atoms with Crippen molar-refractivity contribution in [2.75, 3.05) is 19.6 Å². The molecule has 2 aromatic heterocycles. The number of hydrogen-bond acceptors (Lipinski definition) is 6. The van der Waals surface area contributed by atoms with Gasteiger partial charge in [0.25, 0.3) is 11.8 Å². The molecular formula is C25H25F4N5OS. The Kier molecular flexibility index (Phi) is 7.03. The average Bonchev–Trinajstić information content (AvgIpc) is 3.28. The van der Waals surface area contributed by atoms with Crippen LogP contribution in [0.3, 0.4) is 0 Å². The van der Waals surface area contributed by atoms with Crippen LogP contribution in [0.2, 0.25) is 0 Å². The maximum atomic E-state index is 14.6. The largest absolute Gasteiger partial charge is 0.350 e. The Morgan fingerprint density at radius 2 is 1.83 bits per heavy atom. The highest BCUT2D eigenvalue weighted by Gasteiger charge is 2.37. The lowest BCUT2D eigenvalue weighted by Gasteiger charge is -2.37. The van der Waals surface area contributed by atoms with Crippen molar-refractivity contribution in [3.05, 3.63) is 63.9 Å². The van der Waals surface area contributed by atoms with Gasteiger partial charge in [0.2, 0.25) is 0 Å². The van der Waals surface area contributed by atoms with Crippen molar-refractivity contribution in [1.29, 1.82) is 0 Å². The molecule has 1 atom stereocenters. The highest BCUT2D eigenvalue weighted by Crippen LogP contribution is 2.41. The van der Waals surface area contributed by atoms with Gasteiger partial charge in [-0.3, -0.25) is 9.69 Å². The highest BCUT2D eigenvalue weighted by molar-refractivity contribution is 7.11. The van der Waals surface area contributed by atoms with Gasteiger partial charge in [-0.15, -0.1) is 11.3 Å². The number of thiazole rings is 1. The highest BCUT2D eigenvalue weighted by atomic mass is 32.1. The molecule has 0 radical (unpaired) electrons. The Hall–Kier alpha value is -2.92. The number of piperidine rings is 1. The number of amides is 1. The van der Waals surface area contributed by atoms with Crippen molar-refractivity contribution in [2.24, 2.45) is 0 Å². The minimum absolute atomic E-state index is 0.118. The van der Waals surface area contributed by atoms with Gasteiger partial charge in [-0.05, 0) is 31.0 Å². The number of aromatic nitrogens is 3. The van der Waals surface area contributed by atoms with Gasteiger partial charge in [-0.25, -0.2) is 32.5 Å². The van der Waals surface area contributed by atoms with E-state index in [2.05, 4.69) is 20.3 Å². The first kappa shape index (κ1) is 24.8. The Morgan fingerprint density at radius 3 is 2.50 bits per heavy atom. The second kappa shape index (κ2) is 10.2. The standard InChI is InChI=1S/C25H25F4N5OS/c26-17-11-30-22(31-12-17)16-4-5-19(27)18(10-16)23(35)32-13-20(34-8-6-25(28,29)7-9-34)21-14-33-24(36-21)15-2-1-3-15/h4-5,10-12,14-15,20H,1-3,6-9,13H2,(H,32,35). The molecule has 6 nitrogen and oxygen atoms in total. The SMILES string of the molecule is O=C(NCC(c1cnc(C2CCC2)s1)N1CCC(F)(F)CC1)c1cc(-c2ncc(F)cn2)ccc1F. The number of hydrogen-bond donors (Lipinski definition) is 1. The van der Waals surface area contributed by atoms with Gasteiger partial charge in [0.05, 0.1) is 29.0 Å². The summed E-state index contributed by atoms with van der Waals surface area (Å²) in [5.41, 5.74) is 0.160. The summed E-state index contributed by atoms with van der Waals surface area (Å²) in [5, 5.41) is 3.82. The Bertz CT molecular complexity index is 1220. The zero-order valence-electron chi connectivity index (χ0n) is 19.4. The van der Waals surface area contributed by atoms with Gasteiger partial charge < -0.3 is 5.32 Å². The van der Waals surface area contributed by atoms with E-state index < -0.39 is 23.5 Å². The normalized spacial score (nSPS) is 19.0. The predicted octanol–water partition coefficient (Wildman–Crippen LogP) is 5.35. The second-order valence-corrected chi connectivity index (χ2v) is 10.4. The van der Waals surface area contributed by atoms with Crippen LogP contribution in [0.4, 0.5) is 17.6 Å². The summed E-state index contributed by atoms with van der Waals surface area (Å²) >= 11 is 1.56. The van der Waals surface area contributed by atoms with Crippen molar-refractivity contribution in [3.63, 3.8) is 0 Å².